The predicted octanol–water partition coefficient (Wildman–Crippen LogP) is 7.23. The minimum absolute atomic E-state index is 0.137. The summed E-state index contributed by atoms with van der Waals surface area (Å²) in [4.78, 5) is 28.6. The summed E-state index contributed by atoms with van der Waals surface area (Å²) in [6, 6.07) is 15.6. The molecule has 7 heteroatoms. The monoisotopic (exact) mass is 642 g/mol. The number of alkyl carbamates (subject to hydrolysis) is 1. The Bertz CT molecular complexity index is 1160. The van der Waals surface area contributed by atoms with E-state index < -0.39 is 36.5 Å². The average Bonchev–Trinajstić information content (AvgIpc) is 3.37. The van der Waals surface area contributed by atoms with Crippen LogP contribution in [0, 0.1) is 0 Å². The van der Waals surface area contributed by atoms with E-state index in [9.17, 15) is 9.59 Å². The van der Waals surface area contributed by atoms with Crippen molar-refractivity contribution >= 4 is 44.9 Å². The number of carbonyl (C=O) groups is 2. The maximum atomic E-state index is 12.6. The van der Waals surface area contributed by atoms with Gasteiger partial charge in [0.1, 0.15) is 0 Å². The molecule has 3 aromatic rings. The number of fused-ring (bicyclic) bond motifs is 1. The first-order valence-corrected chi connectivity index (χ1v) is 22.1. The fourth-order valence-corrected chi connectivity index (χ4v) is 21.5. The molecule has 0 unspecified atom stereocenters. The maximum absolute atomic E-state index is 12.6. The molecule has 0 aliphatic rings. The van der Waals surface area contributed by atoms with Gasteiger partial charge in [-0.25, -0.2) is 0 Å². The second-order valence-electron chi connectivity index (χ2n) is 10.7. The summed E-state index contributed by atoms with van der Waals surface area (Å²) >= 11 is -2.56. The van der Waals surface area contributed by atoms with Crippen LogP contribution in [-0.4, -0.2) is 48.6 Å². The number of ether oxygens (including phenoxy) is 2. The second-order valence-corrected chi connectivity index (χ2v) is 23.9. The SMILES string of the molecule is CCC[CH2][Sn]([CH2]CCC)([CH2]CCC)[c]1ccc2c(C[C@@H](NC(=O)OCc3ccccc3)C(=O)OC)c[nH]c2c1. The first-order valence-electron chi connectivity index (χ1n) is 14.6. The number of methoxy groups -OCH3 is 1. The number of nitrogens with one attached hydrogen (secondary N) is 2. The van der Waals surface area contributed by atoms with Crippen molar-refractivity contribution in [2.75, 3.05) is 7.11 Å². The van der Waals surface area contributed by atoms with Gasteiger partial charge in [-0.2, -0.15) is 0 Å². The van der Waals surface area contributed by atoms with Gasteiger partial charge >= 0.3 is 209 Å². The summed E-state index contributed by atoms with van der Waals surface area (Å²) in [5, 5.41) is 3.80. The van der Waals surface area contributed by atoms with Crippen molar-refractivity contribution in [3.8, 4) is 0 Å². The van der Waals surface area contributed by atoms with Crippen LogP contribution in [-0.2, 0) is 27.3 Å². The van der Waals surface area contributed by atoms with Gasteiger partial charge in [0, 0.05) is 0 Å². The van der Waals surface area contributed by atoms with E-state index in [0.29, 0.717) is 6.42 Å². The van der Waals surface area contributed by atoms with Gasteiger partial charge in [0.15, 0.2) is 0 Å². The molecule has 0 aliphatic carbocycles. The number of benzene rings is 2. The fourth-order valence-electron chi connectivity index (χ4n) is 5.50. The van der Waals surface area contributed by atoms with Crippen molar-refractivity contribution in [1.29, 1.82) is 0 Å². The average molecular weight is 641 g/mol. The number of amides is 1. The van der Waals surface area contributed by atoms with E-state index in [1.54, 1.807) is 3.58 Å². The predicted molar refractivity (Wildman–Crippen MR) is 162 cm³/mol. The van der Waals surface area contributed by atoms with Crippen LogP contribution in [0.2, 0.25) is 13.3 Å². The number of unbranched alkanes of at least 4 members (excludes halogenated alkanes) is 3. The first kappa shape index (κ1) is 31.1. The summed E-state index contributed by atoms with van der Waals surface area (Å²) in [5.74, 6) is -0.494. The summed E-state index contributed by atoms with van der Waals surface area (Å²) in [7, 11) is 1.34. The third-order valence-corrected chi connectivity index (χ3v) is 23.4. The molecule has 1 heterocycles. The van der Waals surface area contributed by atoms with Crippen LogP contribution in [0.15, 0.2) is 54.7 Å². The van der Waals surface area contributed by atoms with Gasteiger partial charge in [-0.05, 0) is 0 Å². The van der Waals surface area contributed by atoms with Crippen LogP contribution < -0.4 is 8.90 Å². The molecule has 0 bridgehead atoms. The minimum atomic E-state index is -2.56. The van der Waals surface area contributed by atoms with Crippen molar-refractivity contribution in [2.24, 2.45) is 0 Å². The standard InChI is InChI=1S/C20H19N2O4.3C4H9.Sn/c1-25-19(23)18(11-15-12-21-17-10-6-5-9-16(15)17)22-20(24)26-13-14-7-3-2-4-8-14;3*1-3-4-2;/h2-5,7-10,12,18,21H,11,13H2,1H3,(H,22,24);3*1,3-4H2,2H3;/t18-;;;;/m1..../s1. The molecule has 0 aliphatic heterocycles. The fraction of sp³-hybridized carbons (Fsp3) is 0.500. The summed E-state index contributed by atoms with van der Waals surface area (Å²) in [5.41, 5.74) is 2.98. The Kier molecular flexibility index (Phi) is 12.7. The Morgan fingerprint density at radius 2 is 1.56 bits per heavy atom. The zero-order valence-corrected chi connectivity index (χ0v) is 27.0. The Hall–Kier alpha value is -2.48. The molecule has 3 rings (SSSR count). The molecule has 212 valence electrons. The molecule has 1 atom stereocenters. The molecule has 0 saturated heterocycles. The van der Waals surface area contributed by atoms with Gasteiger partial charge in [0.25, 0.3) is 0 Å². The number of aromatic nitrogens is 1. The van der Waals surface area contributed by atoms with Crippen LogP contribution >= 0.6 is 0 Å². The van der Waals surface area contributed by atoms with E-state index in [1.807, 2.05) is 36.5 Å². The van der Waals surface area contributed by atoms with Gasteiger partial charge in [0.05, 0.1) is 0 Å². The molecule has 2 N–H and O–H groups in total. The van der Waals surface area contributed by atoms with Crippen LogP contribution in [0.25, 0.3) is 10.9 Å². The van der Waals surface area contributed by atoms with Gasteiger partial charge in [0.2, 0.25) is 0 Å². The van der Waals surface area contributed by atoms with Crippen molar-refractivity contribution in [1.82, 2.24) is 10.3 Å². The number of rotatable bonds is 16. The van der Waals surface area contributed by atoms with Crippen LogP contribution in [0.5, 0.6) is 0 Å². The first-order chi connectivity index (χ1) is 19.0. The van der Waals surface area contributed by atoms with Crippen molar-refractivity contribution < 1.29 is 19.1 Å². The zero-order valence-electron chi connectivity index (χ0n) is 24.2. The van der Waals surface area contributed by atoms with E-state index >= 15 is 0 Å². The molecule has 1 amide bonds. The molecule has 0 spiro atoms. The number of H-pyrrole nitrogens is 1. The third kappa shape index (κ3) is 8.75. The van der Waals surface area contributed by atoms with Gasteiger partial charge < -0.3 is 0 Å². The Morgan fingerprint density at radius 3 is 2.15 bits per heavy atom. The van der Waals surface area contributed by atoms with Gasteiger partial charge in [-0.3, -0.25) is 0 Å². The molecular weight excluding hydrogens is 595 g/mol. The number of carbonyl (C=O) groups excluding carboxylic acids is 2. The van der Waals surface area contributed by atoms with Crippen molar-refractivity contribution in [2.45, 2.75) is 91.7 Å². The van der Waals surface area contributed by atoms with E-state index in [4.69, 9.17) is 9.47 Å². The quantitative estimate of drug-likeness (QED) is 0.128. The molecule has 1 aromatic heterocycles. The molecule has 0 fully saturated rings. The molecule has 6 nitrogen and oxygen atoms in total. The molecule has 2 aromatic carbocycles. The number of hydrogen-bond acceptors (Lipinski definition) is 4. The summed E-state index contributed by atoms with van der Waals surface area (Å²) in [6.07, 6.45) is 9.37. The number of esters is 1. The Labute approximate surface area is 238 Å². The van der Waals surface area contributed by atoms with Crippen LogP contribution in [0.4, 0.5) is 4.79 Å². The summed E-state index contributed by atoms with van der Waals surface area (Å²) < 4.78 is 16.2. The van der Waals surface area contributed by atoms with Crippen LogP contribution in [0.1, 0.15) is 70.4 Å². The van der Waals surface area contributed by atoms with Gasteiger partial charge in [-0.15, -0.1) is 0 Å². The normalized spacial score (nSPS) is 12.3. The summed E-state index contributed by atoms with van der Waals surface area (Å²) in [6.45, 7) is 7.05. The Morgan fingerprint density at radius 1 is 0.923 bits per heavy atom. The van der Waals surface area contributed by atoms with E-state index in [1.165, 1.54) is 58.9 Å². The van der Waals surface area contributed by atoms with E-state index in [0.717, 1.165) is 22.0 Å². The Balaban J connectivity index is 1.80. The van der Waals surface area contributed by atoms with Crippen LogP contribution in [0.3, 0.4) is 0 Å². The zero-order chi connectivity index (χ0) is 28.1. The van der Waals surface area contributed by atoms with Crippen molar-refractivity contribution in [3.63, 3.8) is 0 Å². The second kappa shape index (κ2) is 15.9. The third-order valence-electron chi connectivity index (χ3n) is 7.82. The molecule has 0 saturated carbocycles. The molecular formula is C32H46N2O4Sn. The molecule has 0 radical (unpaired) electrons. The topological polar surface area (TPSA) is 80.4 Å². The number of aromatic amines is 1. The van der Waals surface area contributed by atoms with Crippen molar-refractivity contribution in [3.05, 3.63) is 65.9 Å². The van der Waals surface area contributed by atoms with E-state index in [2.05, 4.69) is 49.3 Å². The van der Waals surface area contributed by atoms with E-state index in [-0.39, 0.29) is 6.61 Å². The number of hydrogen-bond donors (Lipinski definition) is 2. The molecule has 39 heavy (non-hydrogen) atoms. The van der Waals surface area contributed by atoms with Gasteiger partial charge in [-0.1, -0.05) is 30.3 Å².